The lowest BCUT2D eigenvalue weighted by Gasteiger charge is -2.46. The average molecular weight is 677 g/mol. The largest absolute Gasteiger partial charge is 0.455 e. The molecule has 0 aromatic rings. The number of rotatable bonds is 19. The zero-order valence-corrected chi connectivity index (χ0v) is 30.4. The Morgan fingerprint density at radius 1 is 0.933 bits per heavy atom. The number of Topliss-reactive ketones (excluding diaryl/α,β-unsaturated/α-hetero) is 1. The Morgan fingerprint density at radius 3 is 2.11 bits per heavy atom. The summed E-state index contributed by atoms with van der Waals surface area (Å²) in [6, 6.07) is 2.15. The van der Waals surface area contributed by atoms with Gasteiger partial charge >= 0.3 is 12.2 Å². The van der Waals surface area contributed by atoms with E-state index in [1.54, 1.807) is 0 Å². The first-order valence-corrected chi connectivity index (χ1v) is 22.0. The zero-order chi connectivity index (χ0) is 32.9. The van der Waals surface area contributed by atoms with Crippen LogP contribution in [0.2, 0.25) is 38.3 Å². The molecule has 0 heterocycles. The summed E-state index contributed by atoms with van der Waals surface area (Å²) in [6.45, 7) is 23.8. The van der Waals surface area contributed by atoms with Crippen molar-refractivity contribution in [2.24, 2.45) is 10.8 Å². The second kappa shape index (κ2) is 20.5. The maximum atomic E-state index is 12.5. The van der Waals surface area contributed by atoms with Crippen LogP contribution in [0.3, 0.4) is 0 Å². The summed E-state index contributed by atoms with van der Waals surface area (Å²) in [5.41, 5.74) is -0.177. The number of hydrogen-bond acceptors (Lipinski definition) is 8. The first-order chi connectivity index (χ1) is 19.8. The van der Waals surface area contributed by atoms with Crippen LogP contribution in [-0.2, 0) is 23.1 Å². The molecule has 1 aliphatic rings. The Labute approximate surface area is 277 Å². The number of aliphatic hydroxyl groups excluding tert-OH is 1. The van der Waals surface area contributed by atoms with E-state index in [0.29, 0.717) is 26.2 Å². The fourth-order valence-electron chi connectivity index (χ4n) is 6.28. The first kappa shape index (κ1) is 45.4. The summed E-state index contributed by atoms with van der Waals surface area (Å²) in [6.07, 6.45) is 3.04. The van der Waals surface area contributed by atoms with Crippen LogP contribution in [-0.4, -0.2) is 84.8 Å². The fourth-order valence-corrected chi connectivity index (χ4v) is 15.3. The normalized spacial score (nSPS) is 20.1. The molecular weight excluding hydrogens is 609 g/mol. The Balaban J connectivity index is 0. The average Bonchev–Trinajstić information content (AvgIpc) is 2.86. The van der Waals surface area contributed by atoms with Crippen molar-refractivity contribution >= 4 is 34.6 Å². The molecule has 0 aromatic carbocycles. The number of nitrogens with one attached hydrogen (secondary N) is 2. The molecule has 10 nitrogen and oxygen atoms in total. The number of alkyl carbamates (subject to hydrolysis) is 2. The molecule has 12 heteroatoms. The minimum Gasteiger partial charge on any atom is -0.455 e. The van der Waals surface area contributed by atoms with Crippen molar-refractivity contribution in [1.82, 2.24) is 10.6 Å². The molecular formula is C33H68N2O8Si2. The summed E-state index contributed by atoms with van der Waals surface area (Å²) in [4.78, 5) is 36.5. The predicted molar refractivity (Wildman–Crippen MR) is 189 cm³/mol. The van der Waals surface area contributed by atoms with Gasteiger partial charge in [0.05, 0.1) is 6.61 Å². The van der Waals surface area contributed by atoms with E-state index in [-0.39, 0.29) is 43.9 Å². The molecule has 266 valence electrons. The van der Waals surface area contributed by atoms with E-state index in [1.807, 2.05) is 0 Å². The molecule has 0 bridgehead atoms. The lowest BCUT2D eigenvalue weighted by atomic mass is 9.62. The van der Waals surface area contributed by atoms with Crippen LogP contribution in [0.25, 0.3) is 0 Å². The summed E-state index contributed by atoms with van der Waals surface area (Å²) in [5.74, 6) is -0.560. The van der Waals surface area contributed by atoms with Gasteiger partial charge in [-0.25, -0.2) is 9.59 Å². The van der Waals surface area contributed by atoms with Gasteiger partial charge in [0.25, 0.3) is 0 Å². The number of aliphatic hydroxyl groups is 1. The van der Waals surface area contributed by atoms with Gasteiger partial charge in [0.2, 0.25) is 0 Å². The summed E-state index contributed by atoms with van der Waals surface area (Å²) in [5, 5.41) is 15.6. The highest BCUT2D eigenvalue weighted by molar-refractivity contribution is 6.84. The number of carbonyl (C=O) groups is 3. The number of unbranched alkanes of at least 4 members (excludes halogenated alkanes) is 1. The number of hydrogen-bond donors (Lipinski definition) is 3. The highest BCUT2D eigenvalue weighted by Gasteiger charge is 2.42. The van der Waals surface area contributed by atoms with Crippen molar-refractivity contribution in [3.05, 3.63) is 12.2 Å². The predicted octanol–water partition coefficient (Wildman–Crippen LogP) is 7.44. The quantitative estimate of drug-likeness (QED) is 0.0731. The van der Waals surface area contributed by atoms with Crippen molar-refractivity contribution in [2.45, 2.75) is 138 Å². The molecule has 2 amide bonds. The third kappa shape index (κ3) is 19.5. The SMILES string of the molecule is C.C.C=C(C)C(=O)C(O)COC(=O)NCC1(C)CC(NC(=O)OCCOCCC[Si](C)(C)O[Si](C)(C)CCCC)CC(C)(C)C1. The van der Waals surface area contributed by atoms with Gasteiger partial charge in [-0.15, -0.1) is 0 Å². The van der Waals surface area contributed by atoms with E-state index < -0.39 is 47.3 Å². The molecule has 0 aromatic heterocycles. The standard InChI is InChI=1S/C31H60N2O8Si2.2CH4/c1-11-12-17-42(7,8)41-43(9,10)18-13-14-38-15-16-39-29(37)33-25-19-30(4,5)22-31(6,20-25)23-32-28(36)40-21-26(34)27(35)24(2)3;;/h25-26,34H,2,11-23H2,1,3-10H3,(H,32,36)(H,33,37);2*1H4. The van der Waals surface area contributed by atoms with E-state index >= 15 is 0 Å². The minimum absolute atomic E-state index is 0. The fraction of sp³-hybridized carbons (Fsp3) is 0.848. The van der Waals surface area contributed by atoms with E-state index in [1.165, 1.54) is 25.8 Å². The van der Waals surface area contributed by atoms with Gasteiger partial charge in [-0.05, 0) is 87.3 Å². The van der Waals surface area contributed by atoms with Gasteiger partial charge in [0.15, 0.2) is 28.5 Å². The van der Waals surface area contributed by atoms with Gasteiger partial charge in [-0.1, -0.05) is 62.0 Å². The summed E-state index contributed by atoms with van der Waals surface area (Å²) >= 11 is 0. The molecule has 1 aliphatic carbocycles. The molecule has 0 saturated heterocycles. The van der Waals surface area contributed by atoms with Crippen LogP contribution in [0.1, 0.15) is 88.0 Å². The maximum absolute atomic E-state index is 12.5. The Morgan fingerprint density at radius 2 is 1.53 bits per heavy atom. The molecule has 0 spiro atoms. The Kier molecular flexibility index (Phi) is 20.7. The van der Waals surface area contributed by atoms with Crippen LogP contribution >= 0.6 is 0 Å². The molecule has 3 atom stereocenters. The first-order valence-electron chi connectivity index (χ1n) is 15.8. The number of ether oxygens (including phenoxy) is 3. The van der Waals surface area contributed by atoms with E-state index in [9.17, 15) is 19.5 Å². The van der Waals surface area contributed by atoms with E-state index in [0.717, 1.165) is 25.3 Å². The Bertz CT molecular complexity index is 928. The van der Waals surface area contributed by atoms with Gasteiger partial charge < -0.3 is 34.1 Å². The highest BCUT2D eigenvalue weighted by atomic mass is 28.4. The van der Waals surface area contributed by atoms with Crippen LogP contribution in [0.5, 0.6) is 0 Å². The van der Waals surface area contributed by atoms with Crippen LogP contribution < -0.4 is 10.6 Å². The third-order valence-electron chi connectivity index (χ3n) is 7.73. The highest BCUT2D eigenvalue weighted by Crippen LogP contribution is 2.45. The number of ketones is 1. The van der Waals surface area contributed by atoms with Gasteiger partial charge in [-0.2, -0.15) is 0 Å². The van der Waals surface area contributed by atoms with Crippen molar-refractivity contribution in [2.75, 3.05) is 33.0 Å². The molecule has 1 saturated carbocycles. The second-order valence-electron chi connectivity index (χ2n) is 14.6. The third-order valence-corrected chi connectivity index (χ3v) is 15.3. The van der Waals surface area contributed by atoms with E-state index in [4.69, 9.17) is 18.3 Å². The molecule has 1 fully saturated rings. The monoisotopic (exact) mass is 676 g/mol. The second-order valence-corrected chi connectivity index (χ2v) is 23.4. The maximum Gasteiger partial charge on any atom is 0.407 e. The van der Waals surface area contributed by atoms with Gasteiger partial charge in [-0.3, -0.25) is 4.79 Å². The number of amides is 2. The zero-order valence-electron chi connectivity index (χ0n) is 28.4. The molecule has 3 unspecified atom stereocenters. The molecule has 1 rings (SSSR count). The molecule has 0 radical (unpaired) electrons. The molecule has 3 N–H and O–H groups in total. The van der Waals surface area contributed by atoms with Gasteiger partial charge in [0.1, 0.15) is 13.2 Å². The van der Waals surface area contributed by atoms with Crippen LogP contribution in [0, 0.1) is 10.8 Å². The minimum atomic E-state index is -1.72. The van der Waals surface area contributed by atoms with Crippen LogP contribution in [0.4, 0.5) is 9.59 Å². The lowest BCUT2D eigenvalue weighted by molar-refractivity contribution is -0.125. The van der Waals surface area contributed by atoms with Crippen LogP contribution in [0.15, 0.2) is 12.2 Å². The van der Waals surface area contributed by atoms with Crippen molar-refractivity contribution < 1.29 is 37.8 Å². The summed E-state index contributed by atoms with van der Waals surface area (Å²) < 4.78 is 22.8. The Hall–Kier alpha value is -1.74. The van der Waals surface area contributed by atoms with Gasteiger partial charge in [0, 0.05) is 19.2 Å². The smallest absolute Gasteiger partial charge is 0.407 e. The van der Waals surface area contributed by atoms with Crippen molar-refractivity contribution in [3.8, 4) is 0 Å². The molecule has 45 heavy (non-hydrogen) atoms. The van der Waals surface area contributed by atoms with Crippen molar-refractivity contribution in [3.63, 3.8) is 0 Å². The summed E-state index contributed by atoms with van der Waals surface area (Å²) in [7, 11) is -3.33. The topological polar surface area (TPSA) is 132 Å². The van der Waals surface area contributed by atoms with E-state index in [2.05, 4.69) is 71.1 Å². The lowest BCUT2D eigenvalue weighted by Crippen LogP contribution is -2.50. The molecule has 0 aliphatic heterocycles. The number of carbonyl (C=O) groups excluding carboxylic acids is 3. The van der Waals surface area contributed by atoms with Crippen molar-refractivity contribution in [1.29, 1.82) is 0 Å².